The van der Waals surface area contributed by atoms with Gasteiger partial charge in [0.25, 0.3) is 0 Å². The van der Waals surface area contributed by atoms with Crippen LogP contribution in [0.15, 0.2) is 71.0 Å². The molecular formula is C19H14N6. The fourth-order valence-electron chi connectivity index (χ4n) is 2.05. The lowest BCUT2D eigenvalue weighted by atomic mass is 10.1. The van der Waals surface area contributed by atoms with Crippen LogP contribution in [0.4, 0.5) is 11.4 Å². The van der Waals surface area contributed by atoms with Crippen LogP contribution in [0.25, 0.3) is 0 Å². The van der Waals surface area contributed by atoms with Gasteiger partial charge in [0, 0.05) is 11.3 Å². The number of para-hydroxylation sites is 2. The van der Waals surface area contributed by atoms with Crippen molar-refractivity contribution in [2.24, 2.45) is 5.10 Å². The largest absolute Gasteiger partial charge is 0.345 e. The molecule has 0 saturated carbocycles. The maximum Gasteiger partial charge on any atom is 0.163 e. The average Bonchev–Trinajstić information content (AvgIpc) is 2.67. The molecule has 6 heteroatoms. The van der Waals surface area contributed by atoms with Crippen LogP contribution in [0.5, 0.6) is 0 Å². The molecule has 2 aromatic carbocycles. The predicted molar refractivity (Wildman–Crippen MR) is 96.2 cm³/mol. The van der Waals surface area contributed by atoms with Gasteiger partial charge in [-0.05, 0) is 25.1 Å². The highest BCUT2D eigenvalue weighted by atomic mass is 15.3. The molecule has 120 valence electrons. The van der Waals surface area contributed by atoms with E-state index in [1.807, 2.05) is 55.5 Å². The van der Waals surface area contributed by atoms with Crippen molar-refractivity contribution in [1.29, 1.82) is 15.8 Å². The number of nitriles is 3. The maximum atomic E-state index is 9.19. The number of nitrogens with one attached hydrogen (secondary N) is 2. The number of anilines is 2. The van der Waals surface area contributed by atoms with Gasteiger partial charge in [-0.2, -0.15) is 20.9 Å². The molecule has 0 aliphatic rings. The second-order valence-electron chi connectivity index (χ2n) is 4.93. The summed E-state index contributed by atoms with van der Waals surface area (Å²) < 4.78 is 0. The summed E-state index contributed by atoms with van der Waals surface area (Å²) in [5.41, 5.74) is 5.45. The Balaban J connectivity index is 2.32. The molecule has 0 fully saturated rings. The lowest BCUT2D eigenvalue weighted by molar-refractivity contribution is 1.31. The second kappa shape index (κ2) is 8.53. The van der Waals surface area contributed by atoms with Crippen LogP contribution in [-0.4, -0.2) is 5.71 Å². The van der Waals surface area contributed by atoms with Gasteiger partial charge < -0.3 is 5.32 Å². The van der Waals surface area contributed by atoms with Gasteiger partial charge in [-0.25, -0.2) is 0 Å². The van der Waals surface area contributed by atoms with E-state index in [1.54, 1.807) is 24.3 Å². The van der Waals surface area contributed by atoms with Crippen molar-refractivity contribution in [3.63, 3.8) is 0 Å². The summed E-state index contributed by atoms with van der Waals surface area (Å²) in [6.45, 7) is 1.82. The van der Waals surface area contributed by atoms with Gasteiger partial charge in [0.05, 0.1) is 11.4 Å². The van der Waals surface area contributed by atoms with Crippen molar-refractivity contribution in [2.75, 3.05) is 10.7 Å². The normalized spacial score (nSPS) is 9.92. The van der Waals surface area contributed by atoms with Gasteiger partial charge in [-0.15, -0.1) is 0 Å². The zero-order chi connectivity index (χ0) is 18.1. The molecule has 0 aliphatic carbocycles. The van der Waals surface area contributed by atoms with E-state index >= 15 is 0 Å². The molecule has 0 heterocycles. The first-order valence-electron chi connectivity index (χ1n) is 7.36. The molecule has 25 heavy (non-hydrogen) atoms. The number of rotatable bonds is 5. The minimum atomic E-state index is -0.269. The first-order valence-corrected chi connectivity index (χ1v) is 7.36. The Morgan fingerprint density at radius 2 is 1.52 bits per heavy atom. The van der Waals surface area contributed by atoms with E-state index in [1.165, 1.54) is 0 Å². The van der Waals surface area contributed by atoms with Gasteiger partial charge in [0.1, 0.15) is 23.9 Å². The Labute approximate surface area is 145 Å². The molecule has 2 N–H and O–H groups in total. The van der Waals surface area contributed by atoms with Crippen LogP contribution in [-0.2, 0) is 0 Å². The van der Waals surface area contributed by atoms with Crippen molar-refractivity contribution < 1.29 is 0 Å². The molecule has 0 aromatic heterocycles. The van der Waals surface area contributed by atoms with Gasteiger partial charge in [-0.3, -0.25) is 5.43 Å². The summed E-state index contributed by atoms with van der Waals surface area (Å²) in [5, 5.41) is 34.2. The molecule has 6 nitrogen and oxygen atoms in total. The van der Waals surface area contributed by atoms with E-state index in [-0.39, 0.29) is 11.3 Å². The van der Waals surface area contributed by atoms with Gasteiger partial charge >= 0.3 is 0 Å². The maximum absolute atomic E-state index is 9.19. The fourth-order valence-corrected chi connectivity index (χ4v) is 2.05. The number of hydrogen-bond acceptors (Lipinski definition) is 6. The van der Waals surface area contributed by atoms with E-state index in [9.17, 15) is 5.26 Å². The summed E-state index contributed by atoms with van der Waals surface area (Å²) in [5.74, 6) is 0. The number of hydrogen-bond donors (Lipinski definition) is 2. The molecule has 0 bridgehead atoms. The minimum absolute atomic E-state index is 0.0960. The lowest BCUT2D eigenvalue weighted by Gasteiger charge is -2.11. The van der Waals surface area contributed by atoms with Crippen molar-refractivity contribution in [1.82, 2.24) is 0 Å². The molecule has 0 aliphatic heterocycles. The van der Waals surface area contributed by atoms with Crippen molar-refractivity contribution in [3.8, 4) is 18.2 Å². The topological polar surface area (TPSA) is 108 Å². The standard InChI is InChI=1S/C19H14N6/c1-14(24-25-16-7-3-2-4-8-16)17-9-5-6-10-18(17)23-19(13-22)15(11-20)12-21/h2-10,23,25H,1H3. The number of benzene rings is 2. The van der Waals surface area contributed by atoms with E-state index < -0.39 is 0 Å². The highest BCUT2D eigenvalue weighted by molar-refractivity contribution is 6.04. The number of nitrogens with zero attached hydrogens (tertiary/aromatic N) is 4. The van der Waals surface area contributed by atoms with Crippen LogP contribution < -0.4 is 10.7 Å². The summed E-state index contributed by atoms with van der Waals surface area (Å²) in [6.07, 6.45) is 0. The molecular weight excluding hydrogens is 312 g/mol. The Morgan fingerprint density at radius 1 is 0.880 bits per heavy atom. The number of hydrazone groups is 1. The van der Waals surface area contributed by atoms with Crippen LogP contribution >= 0.6 is 0 Å². The zero-order valence-corrected chi connectivity index (χ0v) is 13.5. The van der Waals surface area contributed by atoms with Gasteiger partial charge in [-0.1, -0.05) is 36.4 Å². The highest BCUT2D eigenvalue weighted by Crippen LogP contribution is 2.19. The van der Waals surface area contributed by atoms with Crippen LogP contribution in [0.2, 0.25) is 0 Å². The molecule has 0 saturated heterocycles. The van der Waals surface area contributed by atoms with Gasteiger partial charge in [0.2, 0.25) is 0 Å². The summed E-state index contributed by atoms with van der Waals surface area (Å²) in [6, 6.07) is 22.0. The van der Waals surface area contributed by atoms with Crippen LogP contribution in [0.1, 0.15) is 12.5 Å². The number of allylic oxidation sites excluding steroid dienone is 2. The SMILES string of the molecule is CC(=NNc1ccccc1)c1ccccc1NC(C#N)=C(C#N)C#N. The molecule has 0 spiro atoms. The Kier molecular flexibility index (Phi) is 5.89. The average molecular weight is 326 g/mol. The zero-order valence-electron chi connectivity index (χ0n) is 13.5. The van der Waals surface area contributed by atoms with Crippen molar-refractivity contribution >= 4 is 17.1 Å². The molecule has 0 amide bonds. The molecule has 0 radical (unpaired) electrons. The molecule has 2 aromatic rings. The van der Waals surface area contributed by atoms with E-state index in [0.29, 0.717) is 11.4 Å². The molecule has 0 unspecified atom stereocenters. The van der Waals surface area contributed by atoms with Crippen molar-refractivity contribution in [3.05, 3.63) is 71.4 Å². The van der Waals surface area contributed by atoms with E-state index in [4.69, 9.17) is 10.5 Å². The third kappa shape index (κ3) is 4.45. The Morgan fingerprint density at radius 3 is 2.16 bits per heavy atom. The monoisotopic (exact) mass is 326 g/mol. The predicted octanol–water partition coefficient (Wildman–Crippen LogP) is 3.76. The summed E-state index contributed by atoms with van der Waals surface area (Å²) in [4.78, 5) is 0. The van der Waals surface area contributed by atoms with E-state index in [0.717, 1.165) is 11.3 Å². The third-order valence-electron chi connectivity index (χ3n) is 3.29. The second-order valence-corrected chi connectivity index (χ2v) is 4.93. The first-order chi connectivity index (χ1) is 12.2. The Hall–Kier alpha value is -4.08. The van der Waals surface area contributed by atoms with Crippen molar-refractivity contribution in [2.45, 2.75) is 6.92 Å². The first kappa shape index (κ1) is 17.3. The van der Waals surface area contributed by atoms with Gasteiger partial charge in [0.15, 0.2) is 5.57 Å². The quantitative estimate of drug-likeness (QED) is 0.494. The smallest absolute Gasteiger partial charge is 0.163 e. The third-order valence-corrected chi connectivity index (χ3v) is 3.29. The van der Waals surface area contributed by atoms with Crippen LogP contribution in [0, 0.1) is 34.0 Å². The fraction of sp³-hybridized carbons (Fsp3) is 0.0526. The summed E-state index contributed by atoms with van der Waals surface area (Å²) >= 11 is 0. The Bertz CT molecular complexity index is 920. The molecule has 2 rings (SSSR count). The lowest BCUT2D eigenvalue weighted by Crippen LogP contribution is -2.07. The van der Waals surface area contributed by atoms with E-state index in [2.05, 4.69) is 15.8 Å². The minimum Gasteiger partial charge on any atom is -0.345 e. The van der Waals surface area contributed by atoms with Crippen LogP contribution in [0.3, 0.4) is 0 Å². The highest BCUT2D eigenvalue weighted by Gasteiger charge is 2.10. The summed E-state index contributed by atoms with van der Waals surface area (Å²) in [7, 11) is 0. The molecule has 0 atom stereocenters.